The molecule has 0 aliphatic heterocycles. The first kappa shape index (κ1) is 13.0. The molecule has 0 unspecified atom stereocenters. The van der Waals surface area contributed by atoms with Gasteiger partial charge in [-0.3, -0.25) is 0 Å². The number of rotatable bonds is 4. The van der Waals surface area contributed by atoms with Gasteiger partial charge in [-0.2, -0.15) is 0 Å². The molecule has 0 aromatic heterocycles. The third-order valence-corrected chi connectivity index (χ3v) is 2.70. The van der Waals surface area contributed by atoms with Crippen molar-refractivity contribution in [3.05, 3.63) is 29.3 Å². The maximum Gasteiger partial charge on any atom is 0.170 e. The van der Waals surface area contributed by atoms with Crippen LogP contribution in [-0.4, -0.2) is 11.7 Å². The molecule has 3 heteroatoms. The van der Waals surface area contributed by atoms with Crippen LogP contribution in [0, 0.1) is 13.8 Å². The summed E-state index contributed by atoms with van der Waals surface area (Å²) >= 11 is 5.23. The Labute approximate surface area is 103 Å². The Balaban J connectivity index is 2.52. The molecule has 16 heavy (non-hydrogen) atoms. The number of anilines is 1. The zero-order valence-electron chi connectivity index (χ0n) is 10.3. The second-order valence-electron chi connectivity index (χ2n) is 4.05. The fraction of sp³-hybridized carbons (Fsp3) is 0.462. The van der Waals surface area contributed by atoms with Crippen molar-refractivity contribution in [3.63, 3.8) is 0 Å². The van der Waals surface area contributed by atoms with Gasteiger partial charge in [-0.15, -0.1) is 0 Å². The molecule has 0 bridgehead atoms. The zero-order valence-corrected chi connectivity index (χ0v) is 11.1. The van der Waals surface area contributed by atoms with Crippen LogP contribution in [0.25, 0.3) is 0 Å². The predicted octanol–water partition coefficient (Wildman–Crippen LogP) is 3.39. The van der Waals surface area contributed by atoms with Crippen molar-refractivity contribution in [2.75, 3.05) is 11.9 Å². The minimum absolute atomic E-state index is 0.710. The molecule has 0 atom stereocenters. The second-order valence-corrected chi connectivity index (χ2v) is 4.46. The largest absolute Gasteiger partial charge is 0.362 e. The van der Waals surface area contributed by atoms with Gasteiger partial charge in [-0.1, -0.05) is 25.5 Å². The molecule has 0 fully saturated rings. The molecule has 0 aliphatic carbocycles. The molecule has 0 saturated heterocycles. The Hall–Kier alpha value is -1.09. The molecule has 2 N–H and O–H groups in total. The van der Waals surface area contributed by atoms with Crippen molar-refractivity contribution in [2.45, 2.75) is 33.6 Å². The molecule has 0 saturated carbocycles. The van der Waals surface area contributed by atoms with E-state index in [4.69, 9.17) is 12.2 Å². The Morgan fingerprint density at radius 2 is 2.06 bits per heavy atom. The number of benzene rings is 1. The van der Waals surface area contributed by atoms with Gasteiger partial charge in [0.2, 0.25) is 0 Å². The van der Waals surface area contributed by atoms with Gasteiger partial charge in [0.15, 0.2) is 5.11 Å². The number of hydrogen-bond donors (Lipinski definition) is 2. The minimum atomic E-state index is 0.710. The highest BCUT2D eigenvalue weighted by atomic mass is 32.1. The van der Waals surface area contributed by atoms with E-state index in [1.165, 1.54) is 17.5 Å². The highest BCUT2D eigenvalue weighted by Crippen LogP contribution is 2.15. The van der Waals surface area contributed by atoms with E-state index in [-0.39, 0.29) is 0 Å². The van der Waals surface area contributed by atoms with Crippen LogP contribution in [0.3, 0.4) is 0 Å². The Bertz CT molecular complexity index is 361. The second kappa shape index (κ2) is 6.48. The number of nitrogens with one attached hydrogen (secondary N) is 2. The third kappa shape index (κ3) is 4.19. The van der Waals surface area contributed by atoms with E-state index < -0.39 is 0 Å². The average molecular weight is 236 g/mol. The van der Waals surface area contributed by atoms with Crippen molar-refractivity contribution in [1.29, 1.82) is 0 Å². The molecule has 1 rings (SSSR count). The SMILES string of the molecule is CCCCNC(=S)Nc1cc(C)ccc1C. The molecule has 0 radical (unpaired) electrons. The summed E-state index contributed by atoms with van der Waals surface area (Å²) in [5.74, 6) is 0. The Kier molecular flexibility index (Phi) is 5.26. The zero-order chi connectivity index (χ0) is 12.0. The topological polar surface area (TPSA) is 24.1 Å². The van der Waals surface area contributed by atoms with Gasteiger partial charge in [0, 0.05) is 12.2 Å². The quantitative estimate of drug-likeness (QED) is 0.619. The molecule has 0 amide bonds. The molecule has 0 heterocycles. The van der Waals surface area contributed by atoms with E-state index in [2.05, 4.69) is 49.6 Å². The summed E-state index contributed by atoms with van der Waals surface area (Å²) in [5, 5.41) is 7.14. The first-order valence-corrected chi connectivity index (χ1v) is 6.16. The lowest BCUT2D eigenvalue weighted by molar-refractivity contribution is 0.758. The van der Waals surface area contributed by atoms with Gasteiger partial charge in [0.05, 0.1) is 0 Å². The number of unbranched alkanes of at least 4 members (excludes halogenated alkanes) is 1. The summed E-state index contributed by atoms with van der Waals surface area (Å²) < 4.78 is 0. The van der Waals surface area contributed by atoms with E-state index >= 15 is 0 Å². The normalized spacial score (nSPS) is 9.94. The lowest BCUT2D eigenvalue weighted by Crippen LogP contribution is -2.29. The van der Waals surface area contributed by atoms with Crippen molar-refractivity contribution in [3.8, 4) is 0 Å². The lowest BCUT2D eigenvalue weighted by atomic mass is 10.1. The summed E-state index contributed by atoms with van der Waals surface area (Å²) in [7, 11) is 0. The van der Waals surface area contributed by atoms with Crippen LogP contribution in [0.4, 0.5) is 5.69 Å². The monoisotopic (exact) mass is 236 g/mol. The van der Waals surface area contributed by atoms with Gasteiger partial charge < -0.3 is 10.6 Å². The minimum Gasteiger partial charge on any atom is -0.362 e. The summed E-state index contributed by atoms with van der Waals surface area (Å²) in [6.07, 6.45) is 2.33. The van der Waals surface area contributed by atoms with Crippen molar-refractivity contribution in [1.82, 2.24) is 5.32 Å². The predicted molar refractivity (Wildman–Crippen MR) is 75.0 cm³/mol. The summed E-state index contributed by atoms with van der Waals surface area (Å²) in [5.41, 5.74) is 3.55. The first-order valence-electron chi connectivity index (χ1n) is 5.75. The third-order valence-electron chi connectivity index (χ3n) is 2.46. The van der Waals surface area contributed by atoms with Crippen LogP contribution >= 0.6 is 12.2 Å². The molecule has 0 spiro atoms. The molecule has 1 aromatic carbocycles. The van der Waals surface area contributed by atoms with E-state index in [0.29, 0.717) is 5.11 Å². The first-order chi connectivity index (χ1) is 7.63. The maximum absolute atomic E-state index is 5.23. The number of thiocarbonyl (C=S) groups is 1. The highest BCUT2D eigenvalue weighted by Gasteiger charge is 2.00. The van der Waals surface area contributed by atoms with Gasteiger partial charge >= 0.3 is 0 Å². The molecule has 0 aliphatic rings. The highest BCUT2D eigenvalue weighted by molar-refractivity contribution is 7.80. The Morgan fingerprint density at radius 1 is 1.31 bits per heavy atom. The molecular formula is C13H20N2S. The summed E-state index contributed by atoms with van der Waals surface area (Å²) in [4.78, 5) is 0. The van der Waals surface area contributed by atoms with Gasteiger partial charge in [-0.05, 0) is 49.7 Å². The van der Waals surface area contributed by atoms with E-state index in [9.17, 15) is 0 Å². The fourth-order valence-electron chi connectivity index (χ4n) is 1.42. The van der Waals surface area contributed by atoms with Crippen molar-refractivity contribution < 1.29 is 0 Å². The summed E-state index contributed by atoms with van der Waals surface area (Å²) in [6, 6.07) is 6.32. The summed E-state index contributed by atoms with van der Waals surface area (Å²) in [6.45, 7) is 7.27. The molecule has 2 nitrogen and oxygen atoms in total. The Morgan fingerprint density at radius 3 is 2.75 bits per heavy atom. The number of aryl methyl sites for hydroxylation is 2. The average Bonchev–Trinajstić information content (AvgIpc) is 2.24. The van der Waals surface area contributed by atoms with Crippen LogP contribution in [0.5, 0.6) is 0 Å². The molecule has 1 aromatic rings. The van der Waals surface area contributed by atoms with Crippen LogP contribution < -0.4 is 10.6 Å². The van der Waals surface area contributed by atoms with E-state index in [1.54, 1.807) is 0 Å². The molecular weight excluding hydrogens is 216 g/mol. The smallest absolute Gasteiger partial charge is 0.170 e. The van der Waals surface area contributed by atoms with E-state index in [1.807, 2.05) is 0 Å². The maximum atomic E-state index is 5.23. The number of hydrogen-bond acceptors (Lipinski definition) is 1. The lowest BCUT2D eigenvalue weighted by Gasteiger charge is -2.12. The molecule has 88 valence electrons. The van der Waals surface area contributed by atoms with E-state index in [0.717, 1.165) is 18.7 Å². The van der Waals surface area contributed by atoms with Crippen LogP contribution in [0.1, 0.15) is 30.9 Å². The van der Waals surface area contributed by atoms with Crippen LogP contribution in [0.2, 0.25) is 0 Å². The van der Waals surface area contributed by atoms with Crippen molar-refractivity contribution in [2.24, 2.45) is 0 Å². The van der Waals surface area contributed by atoms with Gasteiger partial charge in [0.1, 0.15) is 0 Å². The standard InChI is InChI=1S/C13H20N2S/c1-4-5-8-14-13(16)15-12-9-10(2)6-7-11(12)3/h6-7,9H,4-5,8H2,1-3H3,(H2,14,15,16). The van der Waals surface area contributed by atoms with Gasteiger partial charge in [0.25, 0.3) is 0 Å². The van der Waals surface area contributed by atoms with Crippen LogP contribution in [-0.2, 0) is 0 Å². The van der Waals surface area contributed by atoms with Crippen LogP contribution in [0.15, 0.2) is 18.2 Å². The van der Waals surface area contributed by atoms with Crippen molar-refractivity contribution >= 4 is 23.0 Å². The van der Waals surface area contributed by atoms with Gasteiger partial charge in [-0.25, -0.2) is 0 Å². The fourth-order valence-corrected chi connectivity index (χ4v) is 1.63.